The SMILES string of the molecule is CC(C)c1ccccc1C1CN(Cc2ccc(F)c(F)c2)CCN1C1CC2(CCN(C(=O)OC(C)(C)C)CC2)C1. The van der Waals surface area contributed by atoms with Gasteiger partial charge in [-0.25, -0.2) is 13.6 Å². The number of hydrogen-bond donors (Lipinski definition) is 0. The van der Waals surface area contributed by atoms with Gasteiger partial charge in [0, 0.05) is 51.4 Å². The zero-order valence-electron chi connectivity index (χ0n) is 24.8. The highest BCUT2D eigenvalue weighted by Gasteiger charge is 2.50. The van der Waals surface area contributed by atoms with Crippen LogP contribution in [0, 0.1) is 17.0 Å². The van der Waals surface area contributed by atoms with E-state index in [0.717, 1.165) is 51.1 Å². The molecule has 3 aliphatic rings. The van der Waals surface area contributed by atoms with Crippen molar-refractivity contribution in [3.05, 3.63) is 70.8 Å². The highest BCUT2D eigenvalue weighted by molar-refractivity contribution is 5.68. The minimum Gasteiger partial charge on any atom is -0.444 e. The number of hydrogen-bond acceptors (Lipinski definition) is 4. The lowest BCUT2D eigenvalue weighted by molar-refractivity contribution is -0.0782. The zero-order valence-corrected chi connectivity index (χ0v) is 24.8. The fourth-order valence-corrected chi connectivity index (χ4v) is 7.02. The molecule has 0 bridgehead atoms. The van der Waals surface area contributed by atoms with Gasteiger partial charge in [-0.05, 0) is 86.6 Å². The number of ether oxygens (including phenoxy) is 1. The summed E-state index contributed by atoms with van der Waals surface area (Å²) in [4.78, 5) is 19.6. The molecule has 2 aromatic rings. The molecule has 218 valence electrons. The first-order valence-electron chi connectivity index (χ1n) is 14.9. The van der Waals surface area contributed by atoms with Crippen molar-refractivity contribution in [3.8, 4) is 0 Å². The second kappa shape index (κ2) is 11.4. The van der Waals surface area contributed by atoms with Gasteiger partial charge in [0.1, 0.15) is 5.60 Å². The second-order valence-electron chi connectivity index (χ2n) is 13.6. The Bertz CT molecular complexity index is 1190. The summed E-state index contributed by atoms with van der Waals surface area (Å²) in [5, 5.41) is 0. The average Bonchev–Trinajstić information content (AvgIpc) is 2.88. The van der Waals surface area contributed by atoms with Gasteiger partial charge in [0.2, 0.25) is 0 Å². The van der Waals surface area contributed by atoms with Crippen molar-refractivity contribution >= 4 is 6.09 Å². The molecule has 1 atom stereocenters. The van der Waals surface area contributed by atoms with E-state index in [1.165, 1.54) is 36.1 Å². The van der Waals surface area contributed by atoms with Gasteiger partial charge in [-0.2, -0.15) is 0 Å². The van der Waals surface area contributed by atoms with Crippen LogP contribution in [-0.2, 0) is 11.3 Å². The molecule has 2 aliphatic heterocycles. The maximum Gasteiger partial charge on any atom is 0.410 e. The Balaban J connectivity index is 1.28. The molecule has 40 heavy (non-hydrogen) atoms. The minimum absolute atomic E-state index is 0.194. The van der Waals surface area contributed by atoms with E-state index in [1.807, 2.05) is 25.7 Å². The topological polar surface area (TPSA) is 36.0 Å². The lowest BCUT2D eigenvalue weighted by Crippen LogP contribution is -2.60. The minimum atomic E-state index is -0.798. The van der Waals surface area contributed by atoms with E-state index in [4.69, 9.17) is 4.74 Å². The molecule has 5 nitrogen and oxygen atoms in total. The maximum absolute atomic E-state index is 13.9. The van der Waals surface area contributed by atoms with Crippen LogP contribution in [0.5, 0.6) is 0 Å². The fraction of sp³-hybridized carbons (Fsp3) is 0.606. The molecule has 0 radical (unpaired) electrons. The van der Waals surface area contributed by atoms with E-state index in [-0.39, 0.29) is 12.1 Å². The molecule has 2 saturated heterocycles. The largest absolute Gasteiger partial charge is 0.444 e. The highest BCUT2D eigenvalue weighted by atomic mass is 19.2. The Hall–Kier alpha value is -2.51. The van der Waals surface area contributed by atoms with Gasteiger partial charge in [0.25, 0.3) is 0 Å². The van der Waals surface area contributed by atoms with Crippen LogP contribution in [-0.4, -0.2) is 65.2 Å². The molecule has 0 aromatic heterocycles. The Morgan fingerprint density at radius 1 is 1.00 bits per heavy atom. The van der Waals surface area contributed by atoms with Crippen LogP contribution in [0.2, 0.25) is 0 Å². The molecule has 1 spiro atoms. The first-order valence-corrected chi connectivity index (χ1v) is 14.9. The zero-order chi connectivity index (χ0) is 28.7. The second-order valence-corrected chi connectivity index (χ2v) is 13.6. The van der Waals surface area contributed by atoms with Crippen molar-refractivity contribution in [2.45, 2.75) is 90.4 Å². The molecule has 5 rings (SSSR count). The normalized spacial score (nSPS) is 22.5. The standard InChI is InChI=1S/C33H45F2N3O2/c1-23(2)26-8-6-7-9-27(26)30-22-36(21-24-10-11-28(34)29(35)18-24)16-17-38(30)25-19-33(20-25)12-14-37(15-13-33)31(39)40-32(3,4)5/h6-11,18,23,25,30H,12-17,19-22H2,1-5H3. The van der Waals surface area contributed by atoms with Gasteiger partial charge in [-0.15, -0.1) is 0 Å². The van der Waals surface area contributed by atoms with Gasteiger partial charge < -0.3 is 9.64 Å². The molecule has 3 fully saturated rings. The molecular weight excluding hydrogens is 508 g/mol. The van der Waals surface area contributed by atoms with E-state index in [9.17, 15) is 13.6 Å². The first kappa shape index (κ1) is 29.0. The lowest BCUT2D eigenvalue weighted by atomic mass is 9.59. The molecular formula is C33H45F2N3O2. The number of benzene rings is 2. The molecule has 1 saturated carbocycles. The monoisotopic (exact) mass is 553 g/mol. The molecule has 2 aromatic carbocycles. The number of nitrogens with zero attached hydrogens (tertiary/aromatic N) is 3. The summed E-state index contributed by atoms with van der Waals surface area (Å²) in [5.41, 5.74) is 3.42. The Morgan fingerprint density at radius 2 is 1.70 bits per heavy atom. The average molecular weight is 554 g/mol. The summed E-state index contributed by atoms with van der Waals surface area (Å²) >= 11 is 0. The van der Waals surface area contributed by atoms with Crippen LogP contribution in [0.25, 0.3) is 0 Å². The fourth-order valence-electron chi connectivity index (χ4n) is 7.02. The quantitative estimate of drug-likeness (QED) is 0.395. The molecule has 0 N–H and O–H groups in total. The number of rotatable bonds is 5. The Kier molecular flexibility index (Phi) is 8.27. The van der Waals surface area contributed by atoms with E-state index in [1.54, 1.807) is 6.07 Å². The summed E-state index contributed by atoms with van der Waals surface area (Å²) in [5.74, 6) is -1.16. The Morgan fingerprint density at radius 3 is 2.35 bits per heavy atom. The number of carbonyl (C=O) groups is 1. The van der Waals surface area contributed by atoms with Crippen molar-refractivity contribution in [2.75, 3.05) is 32.7 Å². The third-order valence-electron chi connectivity index (χ3n) is 9.16. The summed E-state index contributed by atoms with van der Waals surface area (Å²) in [6.45, 7) is 15.1. The predicted molar refractivity (Wildman–Crippen MR) is 154 cm³/mol. The van der Waals surface area contributed by atoms with E-state index in [2.05, 4.69) is 47.9 Å². The van der Waals surface area contributed by atoms with Crippen LogP contribution >= 0.6 is 0 Å². The van der Waals surface area contributed by atoms with Crippen LogP contribution in [0.3, 0.4) is 0 Å². The molecule has 1 aliphatic carbocycles. The summed E-state index contributed by atoms with van der Waals surface area (Å²) in [7, 11) is 0. The molecule has 1 amide bonds. The van der Waals surface area contributed by atoms with Crippen molar-refractivity contribution in [3.63, 3.8) is 0 Å². The lowest BCUT2D eigenvalue weighted by Gasteiger charge is -2.58. The third kappa shape index (κ3) is 6.36. The van der Waals surface area contributed by atoms with Gasteiger partial charge in [0.15, 0.2) is 11.6 Å². The number of halogens is 2. The van der Waals surface area contributed by atoms with Crippen molar-refractivity contribution in [1.82, 2.24) is 14.7 Å². The van der Waals surface area contributed by atoms with E-state index in [0.29, 0.717) is 23.9 Å². The number of piperazine rings is 1. The van der Waals surface area contributed by atoms with Crippen molar-refractivity contribution in [1.29, 1.82) is 0 Å². The first-order chi connectivity index (χ1) is 18.9. The van der Waals surface area contributed by atoms with Gasteiger partial charge in [-0.1, -0.05) is 44.2 Å². The van der Waals surface area contributed by atoms with E-state index < -0.39 is 17.2 Å². The number of likely N-dealkylation sites (tertiary alicyclic amines) is 1. The van der Waals surface area contributed by atoms with Gasteiger partial charge >= 0.3 is 6.09 Å². The third-order valence-corrected chi connectivity index (χ3v) is 9.16. The van der Waals surface area contributed by atoms with Gasteiger partial charge in [-0.3, -0.25) is 9.80 Å². The van der Waals surface area contributed by atoms with E-state index >= 15 is 0 Å². The summed E-state index contributed by atoms with van der Waals surface area (Å²) in [6.07, 6.45) is 4.20. The Labute approximate surface area is 238 Å². The van der Waals surface area contributed by atoms with Crippen LogP contribution < -0.4 is 0 Å². The van der Waals surface area contributed by atoms with Crippen molar-refractivity contribution in [2.24, 2.45) is 5.41 Å². The summed E-state index contributed by atoms with van der Waals surface area (Å²) in [6, 6.07) is 13.8. The molecule has 1 unspecified atom stereocenters. The maximum atomic E-state index is 13.9. The van der Waals surface area contributed by atoms with Crippen LogP contribution in [0.4, 0.5) is 13.6 Å². The number of amides is 1. The van der Waals surface area contributed by atoms with Crippen LogP contribution in [0.15, 0.2) is 42.5 Å². The van der Waals surface area contributed by atoms with Crippen molar-refractivity contribution < 1.29 is 18.3 Å². The summed E-state index contributed by atoms with van der Waals surface area (Å²) < 4.78 is 33.1. The number of carbonyl (C=O) groups excluding carboxylic acids is 1. The van der Waals surface area contributed by atoms with Crippen LogP contribution in [0.1, 0.15) is 89.0 Å². The predicted octanol–water partition coefficient (Wildman–Crippen LogP) is 7.13. The smallest absolute Gasteiger partial charge is 0.410 e. The molecule has 7 heteroatoms. The number of piperidine rings is 1. The molecule has 2 heterocycles. The highest BCUT2D eigenvalue weighted by Crippen LogP contribution is 2.53. The van der Waals surface area contributed by atoms with Gasteiger partial charge in [0.05, 0.1) is 0 Å².